The monoisotopic (exact) mass is 221 g/mol. The van der Waals surface area contributed by atoms with Crippen molar-refractivity contribution in [3.05, 3.63) is 34.9 Å². The fraction of sp³-hybridized carbons (Fsp3) is 0.538. The van der Waals surface area contributed by atoms with E-state index in [2.05, 4.69) is 6.07 Å². The highest BCUT2D eigenvalue weighted by Crippen LogP contribution is 2.59. The van der Waals surface area contributed by atoms with Crippen LogP contribution in [0.1, 0.15) is 31.2 Å². The van der Waals surface area contributed by atoms with Crippen LogP contribution in [0.15, 0.2) is 24.3 Å². The first-order valence-electron chi connectivity index (χ1n) is 5.76. The van der Waals surface area contributed by atoms with Gasteiger partial charge in [-0.1, -0.05) is 49.1 Å². The summed E-state index contributed by atoms with van der Waals surface area (Å²) in [5, 5.41) is 0.835. The average Bonchev–Trinajstić information content (AvgIpc) is 2.76. The van der Waals surface area contributed by atoms with E-state index in [0.717, 1.165) is 22.9 Å². The van der Waals surface area contributed by atoms with Crippen molar-refractivity contribution in [2.75, 3.05) is 0 Å². The molecule has 2 fully saturated rings. The number of nitrogens with two attached hydrogens (primary N) is 1. The second-order valence-corrected chi connectivity index (χ2v) is 5.43. The lowest BCUT2D eigenvalue weighted by Crippen LogP contribution is -2.27. The van der Waals surface area contributed by atoms with Crippen molar-refractivity contribution in [2.24, 2.45) is 17.6 Å². The molecule has 1 nitrogen and oxygen atoms in total. The second kappa shape index (κ2) is 3.23. The van der Waals surface area contributed by atoms with E-state index in [9.17, 15) is 0 Å². The molecule has 1 aromatic rings. The van der Waals surface area contributed by atoms with Crippen molar-refractivity contribution >= 4 is 11.6 Å². The molecule has 0 radical (unpaired) electrons. The van der Waals surface area contributed by atoms with E-state index in [4.69, 9.17) is 17.3 Å². The van der Waals surface area contributed by atoms with Gasteiger partial charge < -0.3 is 5.73 Å². The molecule has 2 aliphatic rings. The van der Waals surface area contributed by atoms with E-state index < -0.39 is 0 Å². The third-order valence-electron chi connectivity index (χ3n) is 4.15. The molecule has 0 bridgehead atoms. The van der Waals surface area contributed by atoms with Gasteiger partial charge in [0.2, 0.25) is 0 Å². The molecule has 2 atom stereocenters. The van der Waals surface area contributed by atoms with Gasteiger partial charge in [0, 0.05) is 10.6 Å². The summed E-state index contributed by atoms with van der Waals surface area (Å²) >= 11 is 6.20. The Hall–Kier alpha value is -0.530. The number of hydrogen-bond acceptors (Lipinski definition) is 1. The summed E-state index contributed by atoms with van der Waals surface area (Å²) in [6, 6.07) is 8.03. The molecule has 80 valence electrons. The summed E-state index contributed by atoms with van der Waals surface area (Å²) in [5.74, 6) is 1.55. The van der Waals surface area contributed by atoms with Crippen LogP contribution in [-0.2, 0) is 5.54 Å². The number of benzene rings is 1. The molecule has 0 amide bonds. The summed E-state index contributed by atoms with van der Waals surface area (Å²) in [5.41, 5.74) is 7.49. The van der Waals surface area contributed by atoms with E-state index in [1.165, 1.54) is 19.3 Å². The Morgan fingerprint density at radius 1 is 1.27 bits per heavy atom. The van der Waals surface area contributed by atoms with Crippen LogP contribution in [0, 0.1) is 11.8 Å². The van der Waals surface area contributed by atoms with Crippen molar-refractivity contribution in [1.29, 1.82) is 0 Å². The molecular weight excluding hydrogens is 206 g/mol. The quantitative estimate of drug-likeness (QED) is 0.815. The van der Waals surface area contributed by atoms with Crippen molar-refractivity contribution in [3.63, 3.8) is 0 Å². The van der Waals surface area contributed by atoms with Crippen LogP contribution in [0.25, 0.3) is 0 Å². The van der Waals surface area contributed by atoms with Gasteiger partial charge in [-0.05, 0) is 29.9 Å². The Morgan fingerprint density at radius 3 is 2.60 bits per heavy atom. The largest absolute Gasteiger partial charge is 0.321 e. The van der Waals surface area contributed by atoms with Crippen molar-refractivity contribution in [1.82, 2.24) is 0 Å². The number of hydrogen-bond donors (Lipinski definition) is 1. The van der Waals surface area contributed by atoms with E-state index >= 15 is 0 Å². The van der Waals surface area contributed by atoms with Gasteiger partial charge in [-0.3, -0.25) is 0 Å². The minimum Gasteiger partial charge on any atom is -0.321 e. The van der Waals surface area contributed by atoms with Crippen LogP contribution in [0.5, 0.6) is 0 Å². The molecule has 1 aromatic carbocycles. The SMILES string of the molecule is NC1(c2ccccc2Cl)CC1C1CCC1. The Balaban J connectivity index is 1.86. The van der Waals surface area contributed by atoms with Gasteiger partial charge in [-0.2, -0.15) is 0 Å². The molecule has 2 heteroatoms. The lowest BCUT2D eigenvalue weighted by molar-refractivity contribution is 0.258. The van der Waals surface area contributed by atoms with E-state index in [1.807, 2.05) is 18.2 Å². The highest BCUT2D eigenvalue weighted by Gasteiger charge is 2.57. The molecule has 0 heterocycles. The minimum atomic E-state index is -0.108. The van der Waals surface area contributed by atoms with Gasteiger partial charge >= 0.3 is 0 Å². The summed E-state index contributed by atoms with van der Waals surface area (Å²) < 4.78 is 0. The standard InChI is InChI=1S/C13H16ClN/c14-12-7-2-1-6-10(12)13(15)8-11(13)9-4-3-5-9/h1-2,6-7,9,11H,3-5,8,15H2. The predicted octanol–water partition coefficient (Wildman–Crippen LogP) is 3.31. The van der Waals surface area contributed by atoms with Gasteiger partial charge in [-0.15, -0.1) is 0 Å². The van der Waals surface area contributed by atoms with E-state index in [-0.39, 0.29) is 5.54 Å². The molecular formula is C13H16ClN. The Morgan fingerprint density at radius 2 is 2.00 bits per heavy atom. The molecule has 15 heavy (non-hydrogen) atoms. The predicted molar refractivity (Wildman–Crippen MR) is 62.8 cm³/mol. The Labute approximate surface area is 95.6 Å². The van der Waals surface area contributed by atoms with Crippen molar-refractivity contribution < 1.29 is 0 Å². The third kappa shape index (κ3) is 1.41. The van der Waals surface area contributed by atoms with Gasteiger partial charge in [-0.25, -0.2) is 0 Å². The zero-order chi connectivity index (χ0) is 10.5. The van der Waals surface area contributed by atoms with Gasteiger partial charge in [0.25, 0.3) is 0 Å². The zero-order valence-corrected chi connectivity index (χ0v) is 9.50. The van der Waals surface area contributed by atoms with Crippen LogP contribution >= 0.6 is 11.6 Å². The first kappa shape index (κ1) is 9.68. The molecule has 2 N–H and O–H groups in total. The Kier molecular flexibility index (Phi) is 2.08. The maximum absolute atomic E-state index is 6.44. The van der Waals surface area contributed by atoms with Crippen LogP contribution in [0.4, 0.5) is 0 Å². The lowest BCUT2D eigenvalue weighted by atomic mass is 9.79. The third-order valence-corrected chi connectivity index (χ3v) is 4.48. The molecule has 2 unspecified atom stereocenters. The van der Waals surface area contributed by atoms with Crippen LogP contribution in [0.2, 0.25) is 5.02 Å². The topological polar surface area (TPSA) is 26.0 Å². The Bertz CT molecular complexity index is 386. The summed E-state index contributed by atoms with van der Waals surface area (Å²) in [6.45, 7) is 0. The molecule has 0 aliphatic heterocycles. The van der Waals surface area contributed by atoms with Crippen molar-refractivity contribution in [3.8, 4) is 0 Å². The maximum Gasteiger partial charge on any atom is 0.0460 e. The normalized spacial score (nSPS) is 34.9. The average molecular weight is 222 g/mol. The highest BCUT2D eigenvalue weighted by atomic mass is 35.5. The van der Waals surface area contributed by atoms with Gasteiger partial charge in [0.15, 0.2) is 0 Å². The molecule has 0 saturated heterocycles. The van der Waals surface area contributed by atoms with Gasteiger partial charge in [0.1, 0.15) is 0 Å². The van der Waals surface area contributed by atoms with Crippen LogP contribution in [0.3, 0.4) is 0 Å². The smallest absolute Gasteiger partial charge is 0.0460 e. The fourth-order valence-electron chi connectivity index (χ4n) is 2.88. The van der Waals surface area contributed by atoms with Crippen molar-refractivity contribution in [2.45, 2.75) is 31.2 Å². The minimum absolute atomic E-state index is 0.108. The van der Waals surface area contributed by atoms with Gasteiger partial charge in [0.05, 0.1) is 0 Å². The van der Waals surface area contributed by atoms with Crippen LogP contribution in [-0.4, -0.2) is 0 Å². The molecule has 0 spiro atoms. The number of halogens is 1. The summed E-state index contributed by atoms with van der Waals surface area (Å²) in [6.07, 6.45) is 5.25. The molecule has 2 saturated carbocycles. The van der Waals surface area contributed by atoms with Crippen LogP contribution < -0.4 is 5.73 Å². The first-order chi connectivity index (χ1) is 7.22. The molecule has 0 aromatic heterocycles. The number of rotatable bonds is 2. The lowest BCUT2D eigenvalue weighted by Gasteiger charge is -2.28. The van der Waals surface area contributed by atoms with E-state index in [1.54, 1.807) is 0 Å². The first-order valence-corrected chi connectivity index (χ1v) is 6.13. The highest BCUT2D eigenvalue weighted by molar-refractivity contribution is 6.31. The van der Waals surface area contributed by atoms with E-state index in [0.29, 0.717) is 5.92 Å². The summed E-state index contributed by atoms with van der Waals surface area (Å²) in [4.78, 5) is 0. The molecule has 2 aliphatic carbocycles. The zero-order valence-electron chi connectivity index (χ0n) is 8.75. The second-order valence-electron chi connectivity index (χ2n) is 5.02. The maximum atomic E-state index is 6.44. The molecule has 3 rings (SSSR count). The summed E-state index contributed by atoms with van der Waals surface area (Å²) in [7, 11) is 0. The fourth-order valence-corrected chi connectivity index (χ4v) is 3.19.